The Morgan fingerprint density at radius 1 is 1.33 bits per heavy atom. The van der Waals surface area contributed by atoms with Crippen molar-refractivity contribution in [1.29, 1.82) is 0 Å². The van der Waals surface area contributed by atoms with Crippen molar-refractivity contribution < 1.29 is 19.9 Å². The quantitative estimate of drug-likeness (QED) is 0.313. The molecule has 0 radical (unpaired) electrons. The van der Waals surface area contributed by atoms with Crippen LogP contribution in [0.15, 0.2) is 24.3 Å². The van der Waals surface area contributed by atoms with E-state index in [9.17, 15) is 15.4 Å². The minimum absolute atomic E-state index is 0.181. The first-order valence-corrected chi connectivity index (χ1v) is 6.96. The zero-order chi connectivity index (χ0) is 15.5. The molecule has 0 bridgehead atoms. The van der Waals surface area contributed by atoms with Gasteiger partial charge < -0.3 is 15.4 Å². The van der Waals surface area contributed by atoms with Gasteiger partial charge in [0.15, 0.2) is 0 Å². The summed E-state index contributed by atoms with van der Waals surface area (Å²) >= 11 is 0. The highest BCUT2D eigenvalue weighted by molar-refractivity contribution is 5.69. The van der Waals surface area contributed by atoms with Crippen molar-refractivity contribution in [3.05, 3.63) is 29.5 Å². The molecule has 0 spiro atoms. The maximum Gasteiger partial charge on any atom is 0.382 e. The molecule has 3 N–H and O–H groups in total. The molecule has 1 unspecified atom stereocenters. The summed E-state index contributed by atoms with van der Waals surface area (Å²) < 4.78 is 0. The van der Waals surface area contributed by atoms with Crippen molar-refractivity contribution in [2.24, 2.45) is 0 Å². The lowest BCUT2D eigenvalue weighted by atomic mass is 10.2. The van der Waals surface area contributed by atoms with Crippen LogP contribution >= 0.6 is 0 Å². The summed E-state index contributed by atoms with van der Waals surface area (Å²) in [6.07, 6.45) is 1.54. The number of quaternary nitrogens is 1. The highest BCUT2D eigenvalue weighted by Crippen LogP contribution is 2.39. The van der Waals surface area contributed by atoms with Crippen LogP contribution in [0, 0.1) is 5.21 Å². The predicted octanol–water partition coefficient (Wildman–Crippen LogP) is 1.10. The number of aliphatic hydroxyl groups is 2. The summed E-state index contributed by atoms with van der Waals surface area (Å²) in [4.78, 5) is 8.98. The van der Waals surface area contributed by atoms with Crippen molar-refractivity contribution in [3.63, 3.8) is 0 Å². The Bertz CT molecular complexity index is 485. The van der Waals surface area contributed by atoms with Gasteiger partial charge in [-0.3, -0.25) is 4.84 Å². The second-order valence-electron chi connectivity index (χ2n) is 4.69. The van der Waals surface area contributed by atoms with Crippen molar-refractivity contribution in [3.8, 4) is 0 Å². The molecule has 1 aliphatic heterocycles. The van der Waals surface area contributed by atoms with Gasteiger partial charge in [0, 0.05) is 6.07 Å². The van der Waals surface area contributed by atoms with Crippen LogP contribution in [0.4, 0.5) is 11.4 Å². The third-order valence-electron chi connectivity index (χ3n) is 3.03. The number of para-hydroxylation sites is 2. The normalized spacial score (nSPS) is 24.0. The SMILES string of the molecule is CCCCO[N+]1([O-])NC(O)(O)N(OCC)c2ccccc21. The van der Waals surface area contributed by atoms with E-state index in [1.165, 1.54) is 0 Å². The molecule has 1 aliphatic rings. The third-order valence-corrected chi connectivity index (χ3v) is 3.03. The van der Waals surface area contributed by atoms with Crippen LogP contribution in [0.3, 0.4) is 0 Å². The smallest absolute Gasteiger partial charge is 0.382 e. The zero-order valence-electron chi connectivity index (χ0n) is 12.2. The Hall–Kier alpha value is -1.26. The Labute approximate surface area is 123 Å². The van der Waals surface area contributed by atoms with Crippen molar-refractivity contribution in [2.75, 3.05) is 18.3 Å². The molecular formula is C13H21N3O5. The first-order chi connectivity index (χ1) is 9.94. The van der Waals surface area contributed by atoms with Gasteiger partial charge in [-0.25, -0.2) is 0 Å². The Morgan fingerprint density at radius 3 is 2.71 bits per heavy atom. The Balaban J connectivity index is 2.38. The van der Waals surface area contributed by atoms with E-state index in [2.05, 4.69) is 5.43 Å². The van der Waals surface area contributed by atoms with E-state index in [0.29, 0.717) is 6.42 Å². The van der Waals surface area contributed by atoms with Gasteiger partial charge in [-0.05, 0) is 24.8 Å². The van der Waals surface area contributed by atoms with Gasteiger partial charge in [-0.1, -0.05) is 30.4 Å². The number of hydrogen-bond acceptors (Lipinski definition) is 7. The van der Waals surface area contributed by atoms with Gasteiger partial charge in [-0.15, -0.1) is 0 Å². The number of rotatable bonds is 6. The minimum atomic E-state index is -2.68. The predicted molar refractivity (Wildman–Crippen MR) is 76.9 cm³/mol. The average Bonchev–Trinajstić information content (AvgIpc) is 2.43. The molecule has 8 heteroatoms. The van der Waals surface area contributed by atoms with Gasteiger partial charge >= 0.3 is 6.03 Å². The largest absolute Gasteiger partial charge is 0.572 e. The monoisotopic (exact) mass is 299 g/mol. The minimum Gasteiger partial charge on any atom is -0.572 e. The second kappa shape index (κ2) is 6.24. The van der Waals surface area contributed by atoms with E-state index in [-0.39, 0.29) is 24.6 Å². The lowest BCUT2D eigenvalue weighted by Gasteiger charge is -2.48. The molecule has 0 saturated carbocycles. The number of nitrogens with zero attached hydrogens (tertiary/aromatic N) is 2. The van der Waals surface area contributed by atoms with E-state index in [4.69, 9.17) is 9.68 Å². The number of fused-ring (bicyclic) bond motifs is 1. The fourth-order valence-corrected chi connectivity index (χ4v) is 2.08. The number of nitrogens with one attached hydrogen (secondary N) is 1. The lowest BCUT2D eigenvalue weighted by Crippen LogP contribution is -2.74. The standard InChI is InChI=1S/C13H21N3O5/c1-3-5-10-21-16(19)12-9-7-6-8-11(12)15(20-4-2)13(17,18)14-16/h6-9,14,17-18H,3-5,10H2,1-2H3. The van der Waals surface area contributed by atoms with Crippen LogP contribution < -0.4 is 15.4 Å². The number of hydrogen-bond donors (Lipinski definition) is 3. The van der Waals surface area contributed by atoms with Crippen LogP contribution in [-0.4, -0.2) is 29.5 Å². The highest BCUT2D eigenvalue weighted by Gasteiger charge is 2.50. The highest BCUT2D eigenvalue weighted by atomic mass is 17.0. The van der Waals surface area contributed by atoms with Gasteiger partial charge in [0.2, 0.25) is 5.69 Å². The molecule has 8 nitrogen and oxygen atoms in total. The molecule has 2 rings (SSSR count). The fourth-order valence-electron chi connectivity index (χ4n) is 2.08. The Kier molecular flexibility index (Phi) is 4.79. The molecule has 1 aromatic rings. The van der Waals surface area contributed by atoms with Crippen molar-refractivity contribution in [1.82, 2.24) is 10.3 Å². The maximum absolute atomic E-state index is 12.8. The summed E-state index contributed by atoms with van der Waals surface area (Å²) in [6.45, 7) is 4.06. The van der Waals surface area contributed by atoms with E-state index in [1.807, 2.05) is 6.92 Å². The number of unbranched alkanes of at least 4 members (excludes halogenated alkanes) is 1. The van der Waals surface area contributed by atoms with Crippen LogP contribution in [0.2, 0.25) is 0 Å². The molecule has 1 aromatic carbocycles. The lowest BCUT2D eigenvalue weighted by molar-refractivity contribution is -0.307. The first kappa shape index (κ1) is 16.1. The number of hydroxylamine groups is 1. The fraction of sp³-hybridized carbons (Fsp3) is 0.538. The van der Waals surface area contributed by atoms with E-state index in [1.54, 1.807) is 31.2 Å². The van der Waals surface area contributed by atoms with Crippen LogP contribution in [0.5, 0.6) is 0 Å². The summed E-state index contributed by atoms with van der Waals surface area (Å²) in [5.41, 5.74) is 2.50. The molecule has 0 saturated heterocycles. The van der Waals surface area contributed by atoms with E-state index >= 15 is 0 Å². The molecule has 0 fully saturated rings. The Morgan fingerprint density at radius 2 is 2.05 bits per heavy atom. The molecule has 0 aromatic heterocycles. The third kappa shape index (κ3) is 3.16. The summed E-state index contributed by atoms with van der Waals surface area (Å²) in [5.74, 6) is 0. The van der Waals surface area contributed by atoms with Gasteiger partial charge in [0.25, 0.3) is 0 Å². The van der Waals surface area contributed by atoms with Gasteiger partial charge in [-0.2, -0.15) is 9.90 Å². The molecule has 0 aliphatic carbocycles. The number of benzene rings is 1. The second-order valence-corrected chi connectivity index (χ2v) is 4.69. The van der Waals surface area contributed by atoms with Crippen molar-refractivity contribution >= 4 is 11.4 Å². The molecule has 1 atom stereocenters. The van der Waals surface area contributed by atoms with Gasteiger partial charge in [0.05, 0.1) is 6.61 Å². The first-order valence-electron chi connectivity index (χ1n) is 6.96. The van der Waals surface area contributed by atoms with E-state index in [0.717, 1.165) is 11.5 Å². The summed E-state index contributed by atoms with van der Waals surface area (Å²) in [5, 5.41) is 33.7. The van der Waals surface area contributed by atoms with Gasteiger partial charge in [0.1, 0.15) is 12.3 Å². The van der Waals surface area contributed by atoms with Crippen LogP contribution in [0.1, 0.15) is 26.7 Å². The molecule has 21 heavy (non-hydrogen) atoms. The van der Waals surface area contributed by atoms with Crippen LogP contribution in [-0.2, 0) is 9.68 Å². The van der Waals surface area contributed by atoms with Crippen LogP contribution in [0.25, 0.3) is 0 Å². The van der Waals surface area contributed by atoms with Crippen molar-refractivity contribution in [2.45, 2.75) is 32.7 Å². The summed E-state index contributed by atoms with van der Waals surface area (Å²) in [6, 6.07) is 3.76. The maximum atomic E-state index is 12.8. The molecule has 1 heterocycles. The molecular weight excluding hydrogens is 278 g/mol. The number of anilines is 1. The average molecular weight is 299 g/mol. The zero-order valence-corrected chi connectivity index (χ0v) is 12.2. The topological polar surface area (TPSA) is 97.2 Å². The van der Waals surface area contributed by atoms with E-state index < -0.39 is 11.0 Å². The summed E-state index contributed by atoms with van der Waals surface area (Å²) in [7, 11) is 0. The molecule has 118 valence electrons. The molecule has 0 amide bonds.